The van der Waals surface area contributed by atoms with Crippen molar-refractivity contribution in [2.75, 3.05) is 40.9 Å². The molecule has 306 valence electrons. The normalized spacial score (nSPS) is 14.6. The third kappa shape index (κ3) is 34.4. The molecule has 0 spiro atoms. The van der Waals surface area contributed by atoms with Gasteiger partial charge in [-0.05, 0) is 44.9 Å². The first-order valence-corrected chi connectivity index (χ1v) is 22.5. The maximum absolute atomic E-state index is 13.1. The summed E-state index contributed by atoms with van der Waals surface area (Å²) in [5, 5.41) is 9.69. The molecule has 0 saturated carbocycles. The highest BCUT2D eigenvalue weighted by Crippen LogP contribution is 2.41. The van der Waals surface area contributed by atoms with Crippen LogP contribution in [0.15, 0.2) is 24.3 Å². The van der Waals surface area contributed by atoms with Crippen LogP contribution in [0.5, 0.6) is 0 Å². The smallest absolute Gasteiger partial charge is 0.306 e. The van der Waals surface area contributed by atoms with Gasteiger partial charge in [-0.2, -0.15) is 0 Å². The van der Waals surface area contributed by atoms with E-state index in [1.54, 1.807) is 0 Å². The first kappa shape index (κ1) is 50.6. The summed E-state index contributed by atoms with van der Waals surface area (Å²) in [5.41, 5.74) is 0. The van der Waals surface area contributed by atoms with E-state index in [9.17, 15) is 24.2 Å². The molecule has 10 heteroatoms. The molecular formula is C42H80NO8P. The van der Waals surface area contributed by atoms with Crippen LogP contribution in [-0.4, -0.2) is 74.5 Å². The van der Waals surface area contributed by atoms with Crippen LogP contribution in [0.1, 0.15) is 181 Å². The van der Waals surface area contributed by atoms with E-state index in [0.717, 1.165) is 57.8 Å². The van der Waals surface area contributed by atoms with Crippen molar-refractivity contribution in [2.45, 2.75) is 193 Å². The van der Waals surface area contributed by atoms with Crippen molar-refractivity contribution in [3.8, 4) is 0 Å². The van der Waals surface area contributed by atoms with Crippen molar-refractivity contribution in [1.29, 1.82) is 0 Å². The second-order valence-electron chi connectivity index (χ2n) is 15.5. The van der Waals surface area contributed by atoms with E-state index >= 15 is 0 Å². The number of esters is 1. The summed E-state index contributed by atoms with van der Waals surface area (Å²) in [4.78, 5) is 38.1. The van der Waals surface area contributed by atoms with Crippen molar-refractivity contribution in [1.82, 2.24) is 0 Å². The molecule has 0 aliphatic carbocycles. The molecule has 2 unspecified atom stereocenters. The average Bonchev–Trinajstić information content (AvgIpc) is 3.09. The van der Waals surface area contributed by atoms with E-state index in [4.69, 9.17) is 13.8 Å². The highest BCUT2D eigenvalue weighted by molar-refractivity contribution is 7.45. The van der Waals surface area contributed by atoms with Crippen molar-refractivity contribution in [2.24, 2.45) is 0 Å². The fourth-order valence-electron chi connectivity index (χ4n) is 5.98. The van der Waals surface area contributed by atoms with Gasteiger partial charge in [-0.15, -0.1) is 0 Å². The Kier molecular flexibility index (Phi) is 33.3. The number of allylic oxidation sites excluding steroid dienone is 4. The number of hydrogen-bond donors (Lipinski definition) is 1. The van der Waals surface area contributed by atoms with E-state index in [1.165, 1.54) is 83.5 Å². The van der Waals surface area contributed by atoms with Crippen molar-refractivity contribution < 1.29 is 42.4 Å². The SMILES string of the molecule is CCCCC/C=C\C/C=C\CCCCCCCC(=O)O[C@H](CO)COP(=O)([O-])OC(C[N+](C)(C)C)C(=O)CCCCCCCCCCCCCCC. The Morgan fingerprint density at radius 3 is 1.62 bits per heavy atom. The van der Waals surface area contributed by atoms with Gasteiger partial charge in [0.05, 0.1) is 34.4 Å². The van der Waals surface area contributed by atoms with Crippen molar-refractivity contribution in [3.05, 3.63) is 24.3 Å². The molecule has 0 fully saturated rings. The minimum absolute atomic E-state index is 0.166. The van der Waals surface area contributed by atoms with Crippen LogP contribution in [0.25, 0.3) is 0 Å². The van der Waals surface area contributed by atoms with Gasteiger partial charge in [-0.3, -0.25) is 14.2 Å². The number of carbonyl (C=O) groups is 2. The predicted octanol–water partition coefficient (Wildman–Crippen LogP) is 10.3. The summed E-state index contributed by atoms with van der Waals surface area (Å²) < 4.78 is 28.6. The van der Waals surface area contributed by atoms with Crippen LogP contribution in [0.4, 0.5) is 0 Å². The monoisotopic (exact) mass is 758 g/mol. The van der Waals surface area contributed by atoms with E-state index in [-0.39, 0.29) is 25.2 Å². The minimum Gasteiger partial charge on any atom is -0.756 e. The lowest BCUT2D eigenvalue weighted by atomic mass is 10.0. The summed E-state index contributed by atoms with van der Waals surface area (Å²) in [6.07, 6.45) is 34.5. The highest BCUT2D eigenvalue weighted by atomic mass is 31.2. The van der Waals surface area contributed by atoms with E-state index in [2.05, 4.69) is 38.2 Å². The molecular weight excluding hydrogens is 677 g/mol. The molecule has 0 rings (SSSR count). The number of nitrogens with zero attached hydrogens (tertiary/aromatic N) is 1. The van der Waals surface area contributed by atoms with Crippen LogP contribution >= 0.6 is 7.82 Å². The molecule has 0 saturated heterocycles. The highest BCUT2D eigenvalue weighted by Gasteiger charge is 2.30. The Morgan fingerprint density at radius 2 is 1.12 bits per heavy atom. The second-order valence-corrected chi connectivity index (χ2v) is 16.9. The van der Waals surface area contributed by atoms with Crippen LogP contribution < -0.4 is 4.89 Å². The van der Waals surface area contributed by atoms with Crippen molar-refractivity contribution in [3.63, 3.8) is 0 Å². The Labute approximate surface area is 319 Å². The topological polar surface area (TPSA) is 122 Å². The Balaban J connectivity index is 4.32. The zero-order chi connectivity index (χ0) is 38.8. The number of carbonyl (C=O) groups excluding carboxylic acids is 2. The van der Waals surface area contributed by atoms with Gasteiger partial charge in [-0.25, -0.2) is 0 Å². The number of ketones is 1. The van der Waals surface area contributed by atoms with Gasteiger partial charge >= 0.3 is 5.97 Å². The molecule has 0 aliphatic rings. The van der Waals surface area contributed by atoms with E-state index in [0.29, 0.717) is 17.3 Å². The maximum Gasteiger partial charge on any atom is 0.306 e. The van der Waals surface area contributed by atoms with E-state index < -0.39 is 39.2 Å². The molecule has 9 nitrogen and oxygen atoms in total. The predicted molar refractivity (Wildman–Crippen MR) is 213 cm³/mol. The number of phosphoric acid groups is 1. The summed E-state index contributed by atoms with van der Waals surface area (Å²) in [7, 11) is 0.670. The van der Waals surface area contributed by atoms with Crippen LogP contribution in [-0.2, 0) is 27.9 Å². The molecule has 0 aromatic heterocycles. The number of rotatable bonds is 38. The van der Waals surface area contributed by atoms with Crippen LogP contribution in [0, 0.1) is 0 Å². The summed E-state index contributed by atoms with van der Waals surface area (Å²) in [6, 6.07) is 0. The number of Topliss-reactive ketones (excluding diaryl/α,β-unsaturated/α-hetero) is 1. The lowest BCUT2D eigenvalue weighted by Gasteiger charge is -2.32. The molecule has 52 heavy (non-hydrogen) atoms. The number of phosphoric ester groups is 1. The number of likely N-dealkylation sites (N-methyl/N-ethyl adjacent to an activating group) is 1. The average molecular weight is 758 g/mol. The first-order valence-electron chi connectivity index (χ1n) is 21.0. The summed E-state index contributed by atoms with van der Waals surface area (Å²) in [5.74, 6) is -0.774. The number of unbranched alkanes of at least 4 members (excludes halogenated alkanes) is 20. The van der Waals surface area contributed by atoms with E-state index in [1.807, 2.05) is 21.1 Å². The maximum atomic E-state index is 13.1. The number of aliphatic hydroxyl groups excluding tert-OH is 1. The van der Waals surface area contributed by atoms with Gasteiger partial charge in [0, 0.05) is 12.8 Å². The molecule has 0 heterocycles. The van der Waals surface area contributed by atoms with Gasteiger partial charge < -0.3 is 28.3 Å². The van der Waals surface area contributed by atoms with Gasteiger partial charge in [0.2, 0.25) is 0 Å². The zero-order valence-corrected chi connectivity index (χ0v) is 35.1. The van der Waals surface area contributed by atoms with Gasteiger partial charge in [0.15, 0.2) is 11.9 Å². The number of quaternary nitrogens is 1. The third-order valence-corrected chi connectivity index (χ3v) is 10.1. The molecule has 0 aromatic rings. The third-order valence-electron chi connectivity index (χ3n) is 9.11. The van der Waals surface area contributed by atoms with Gasteiger partial charge in [0.25, 0.3) is 7.82 Å². The zero-order valence-electron chi connectivity index (χ0n) is 34.2. The fraction of sp³-hybridized carbons (Fsp3) is 0.857. The lowest BCUT2D eigenvalue weighted by molar-refractivity contribution is -0.872. The minimum atomic E-state index is -4.92. The van der Waals surface area contributed by atoms with Crippen LogP contribution in [0.3, 0.4) is 0 Å². The summed E-state index contributed by atoms with van der Waals surface area (Å²) >= 11 is 0. The number of aliphatic hydroxyl groups is 1. The molecule has 0 radical (unpaired) electrons. The molecule has 0 bridgehead atoms. The Morgan fingerprint density at radius 1 is 0.673 bits per heavy atom. The van der Waals surface area contributed by atoms with Crippen molar-refractivity contribution >= 4 is 19.6 Å². The second kappa shape index (κ2) is 34.2. The fourth-order valence-corrected chi connectivity index (χ4v) is 6.89. The largest absolute Gasteiger partial charge is 0.756 e. The molecule has 0 aromatic carbocycles. The van der Waals surface area contributed by atoms with Gasteiger partial charge in [-0.1, -0.05) is 147 Å². The van der Waals surface area contributed by atoms with Gasteiger partial charge in [0.1, 0.15) is 12.6 Å². The number of ether oxygens (including phenoxy) is 1. The summed E-state index contributed by atoms with van der Waals surface area (Å²) in [6.45, 7) is 3.46. The molecule has 1 N–H and O–H groups in total. The molecule has 0 aliphatic heterocycles. The quantitative estimate of drug-likeness (QED) is 0.0217. The molecule has 3 atom stereocenters. The Bertz CT molecular complexity index is 964. The lowest BCUT2D eigenvalue weighted by Crippen LogP contribution is -2.45. The Hall–Kier alpha value is -1.35. The molecule has 0 amide bonds. The first-order chi connectivity index (χ1) is 24.9. The standard InChI is InChI=1S/C42H80NO8P/c1-6-8-10-12-14-16-18-20-21-23-25-27-29-31-33-35-42(46)50-39(37-44)38-49-52(47,48)51-41(36-43(3,4)5)40(45)34-32-30-28-26-24-22-19-17-15-13-11-9-7-2/h14,16,20-21,39,41,44H,6-13,15,17-19,22-38H2,1-5H3/b16-14-,21-20-/t39-,41?/m1/s1. The number of hydrogen-bond acceptors (Lipinski definition) is 8. The van der Waals surface area contributed by atoms with Crippen LogP contribution in [0.2, 0.25) is 0 Å².